The summed E-state index contributed by atoms with van der Waals surface area (Å²) in [4.78, 5) is 24.4. The molecule has 0 radical (unpaired) electrons. The predicted molar refractivity (Wildman–Crippen MR) is 66.7 cm³/mol. The quantitative estimate of drug-likeness (QED) is 0.781. The number of nitrogens with zero attached hydrogens (tertiary/aromatic N) is 1. The number of amides is 1. The monoisotopic (exact) mass is 289 g/mol. The van der Waals surface area contributed by atoms with Crippen molar-refractivity contribution in [2.24, 2.45) is 0 Å². The van der Waals surface area contributed by atoms with E-state index in [-0.39, 0.29) is 5.78 Å². The lowest BCUT2D eigenvalue weighted by Crippen LogP contribution is -2.49. The normalized spacial score (nSPS) is 23.9. The number of alkyl halides is 3. The minimum atomic E-state index is -4.89. The Bertz CT molecular complexity index is 454. The van der Waals surface area contributed by atoms with Crippen LogP contribution in [0.2, 0.25) is 0 Å². The lowest BCUT2D eigenvalue weighted by atomic mass is 9.84. The van der Waals surface area contributed by atoms with Crippen LogP contribution < -0.4 is 0 Å². The van der Waals surface area contributed by atoms with Crippen LogP contribution in [0.3, 0.4) is 0 Å². The Kier molecular flexibility index (Phi) is 4.20. The van der Waals surface area contributed by atoms with Crippen molar-refractivity contribution >= 4 is 11.7 Å². The lowest BCUT2D eigenvalue weighted by molar-refractivity contribution is -0.186. The summed E-state index contributed by atoms with van der Waals surface area (Å²) in [5.74, 6) is -1.92. The summed E-state index contributed by atoms with van der Waals surface area (Å²) in [7, 11) is 0. The second-order valence-electron chi connectivity index (χ2n) is 5.36. The number of halogens is 3. The third-order valence-corrected chi connectivity index (χ3v) is 3.97. The SMILES string of the molecule is CCC[C@H]1CCC2=C(CCCC2=O)N1C(=O)C(F)(F)F. The summed E-state index contributed by atoms with van der Waals surface area (Å²) in [6.07, 6.45) is -1.40. The topological polar surface area (TPSA) is 37.4 Å². The van der Waals surface area contributed by atoms with Crippen molar-refractivity contribution in [3.05, 3.63) is 11.3 Å². The number of Topliss-reactive ketones (excluding diaryl/α,β-unsaturated/α-hetero) is 1. The summed E-state index contributed by atoms with van der Waals surface area (Å²) in [6.45, 7) is 1.88. The van der Waals surface area contributed by atoms with E-state index in [9.17, 15) is 22.8 Å². The summed E-state index contributed by atoms with van der Waals surface area (Å²) in [6, 6.07) is -0.432. The van der Waals surface area contributed by atoms with Crippen LogP contribution >= 0.6 is 0 Å². The summed E-state index contributed by atoms with van der Waals surface area (Å²) >= 11 is 0. The molecule has 0 bridgehead atoms. The molecule has 0 saturated heterocycles. The Morgan fingerprint density at radius 3 is 2.60 bits per heavy atom. The van der Waals surface area contributed by atoms with E-state index in [1.165, 1.54) is 0 Å². The van der Waals surface area contributed by atoms with Crippen molar-refractivity contribution in [2.45, 2.75) is 64.1 Å². The van der Waals surface area contributed by atoms with Gasteiger partial charge in [0, 0.05) is 23.7 Å². The van der Waals surface area contributed by atoms with Crippen LogP contribution in [0.5, 0.6) is 0 Å². The molecule has 20 heavy (non-hydrogen) atoms. The van der Waals surface area contributed by atoms with Gasteiger partial charge in [-0.05, 0) is 32.1 Å². The molecule has 1 heterocycles. The number of carbonyl (C=O) groups is 2. The predicted octanol–water partition coefficient (Wildman–Crippen LogP) is 3.35. The number of allylic oxidation sites excluding steroid dienone is 2. The van der Waals surface area contributed by atoms with Crippen LogP contribution in [0, 0.1) is 0 Å². The molecule has 3 nitrogen and oxygen atoms in total. The molecule has 0 unspecified atom stereocenters. The maximum absolute atomic E-state index is 12.8. The Balaban J connectivity index is 2.40. The van der Waals surface area contributed by atoms with E-state index in [0.717, 1.165) is 4.90 Å². The molecule has 6 heteroatoms. The van der Waals surface area contributed by atoms with Gasteiger partial charge < -0.3 is 4.90 Å². The molecule has 0 spiro atoms. The average molecular weight is 289 g/mol. The van der Waals surface area contributed by atoms with Gasteiger partial charge in [0.05, 0.1) is 0 Å². The van der Waals surface area contributed by atoms with Crippen LogP contribution in [-0.2, 0) is 9.59 Å². The Labute approximate surface area is 115 Å². The third-order valence-electron chi connectivity index (χ3n) is 3.97. The molecule has 2 rings (SSSR count). The van der Waals surface area contributed by atoms with Crippen molar-refractivity contribution in [3.8, 4) is 0 Å². The van der Waals surface area contributed by atoms with Crippen molar-refractivity contribution in [2.75, 3.05) is 0 Å². The van der Waals surface area contributed by atoms with Crippen LogP contribution in [0.1, 0.15) is 51.9 Å². The zero-order valence-electron chi connectivity index (χ0n) is 11.4. The first-order valence-corrected chi connectivity index (χ1v) is 7.01. The van der Waals surface area contributed by atoms with Gasteiger partial charge in [0.1, 0.15) is 0 Å². The maximum Gasteiger partial charge on any atom is 0.471 e. The number of hydrogen-bond acceptors (Lipinski definition) is 2. The molecule has 1 aliphatic heterocycles. The van der Waals surface area contributed by atoms with E-state index in [4.69, 9.17) is 0 Å². The smallest absolute Gasteiger partial charge is 0.305 e. The summed E-state index contributed by atoms with van der Waals surface area (Å²) < 4.78 is 38.4. The van der Waals surface area contributed by atoms with E-state index in [1.54, 1.807) is 0 Å². The molecular formula is C14H18F3NO2. The minimum absolute atomic E-state index is 0.0961. The fourth-order valence-corrected chi connectivity index (χ4v) is 3.12. The standard InChI is InChI=1S/C14H18F3NO2/c1-2-4-9-7-8-10-11(5-3-6-12(10)19)18(9)13(20)14(15,16)17/h9H,2-8H2,1H3/t9-/m0/s1. The number of ketones is 1. The summed E-state index contributed by atoms with van der Waals surface area (Å²) in [5.41, 5.74) is 0.773. The van der Waals surface area contributed by atoms with Gasteiger partial charge >= 0.3 is 12.1 Å². The summed E-state index contributed by atoms with van der Waals surface area (Å²) in [5, 5.41) is 0. The zero-order valence-corrected chi connectivity index (χ0v) is 11.4. The van der Waals surface area contributed by atoms with E-state index < -0.39 is 18.1 Å². The minimum Gasteiger partial charge on any atom is -0.305 e. The van der Waals surface area contributed by atoms with Crippen molar-refractivity contribution < 1.29 is 22.8 Å². The average Bonchev–Trinajstić information content (AvgIpc) is 2.37. The molecule has 0 fully saturated rings. The molecule has 0 aromatic carbocycles. The fourth-order valence-electron chi connectivity index (χ4n) is 3.12. The molecule has 0 aromatic heterocycles. The molecule has 2 aliphatic rings. The lowest BCUT2D eigenvalue weighted by Gasteiger charge is -2.40. The highest BCUT2D eigenvalue weighted by Gasteiger charge is 2.48. The van der Waals surface area contributed by atoms with Crippen molar-refractivity contribution in [3.63, 3.8) is 0 Å². The van der Waals surface area contributed by atoms with Gasteiger partial charge in [-0.25, -0.2) is 0 Å². The number of hydrogen-bond donors (Lipinski definition) is 0. The Morgan fingerprint density at radius 1 is 1.30 bits per heavy atom. The third kappa shape index (κ3) is 2.74. The number of rotatable bonds is 2. The molecule has 0 aromatic rings. The van der Waals surface area contributed by atoms with Gasteiger partial charge in [0.2, 0.25) is 0 Å². The first-order valence-electron chi connectivity index (χ1n) is 7.01. The van der Waals surface area contributed by atoms with Gasteiger partial charge in [0.15, 0.2) is 5.78 Å². The van der Waals surface area contributed by atoms with E-state index in [1.807, 2.05) is 6.92 Å². The van der Waals surface area contributed by atoms with Crippen molar-refractivity contribution in [1.29, 1.82) is 0 Å². The van der Waals surface area contributed by atoms with E-state index in [2.05, 4.69) is 0 Å². The molecular weight excluding hydrogens is 271 g/mol. The maximum atomic E-state index is 12.8. The molecule has 0 saturated carbocycles. The largest absolute Gasteiger partial charge is 0.471 e. The van der Waals surface area contributed by atoms with Gasteiger partial charge in [0.25, 0.3) is 0 Å². The first kappa shape index (κ1) is 15.1. The highest BCUT2D eigenvalue weighted by molar-refractivity contribution is 5.98. The molecule has 1 atom stereocenters. The first-order chi connectivity index (χ1) is 9.36. The Morgan fingerprint density at radius 2 is 2.00 bits per heavy atom. The fraction of sp³-hybridized carbons (Fsp3) is 0.714. The van der Waals surface area contributed by atoms with Crippen LogP contribution in [0.25, 0.3) is 0 Å². The second kappa shape index (κ2) is 5.58. The van der Waals surface area contributed by atoms with Gasteiger partial charge in [-0.3, -0.25) is 9.59 Å². The van der Waals surface area contributed by atoms with Crippen molar-refractivity contribution in [1.82, 2.24) is 4.90 Å². The van der Waals surface area contributed by atoms with Gasteiger partial charge in [-0.1, -0.05) is 13.3 Å². The Hall–Kier alpha value is -1.33. The molecule has 1 amide bonds. The van der Waals surface area contributed by atoms with Gasteiger partial charge in [-0.15, -0.1) is 0 Å². The van der Waals surface area contributed by atoms with Crippen LogP contribution in [0.4, 0.5) is 13.2 Å². The molecule has 1 aliphatic carbocycles. The highest BCUT2D eigenvalue weighted by atomic mass is 19.4. The molecule has 112 valence electrons. The van der Waals surface area contributed by atoms with Crippen LogP contribution in [0.15, 0.2) is 11.3 Å². The van der Waals surface area contributed by atoms with E-state index >= 15 is 0 Å². The van der Waals surface area contributed by atoms with Gasteiger partial charge in [-0.2, -0.15) is 13.2 Å². The number of carbonyl (C=O) groups excluding carboxylic acids is 2. The van der Waals surface area contributed by atoms with E-state index in [0.29, 0.717) is 56.2 Å². The molecule has 0 N–H and O–H groups in total. The zero-order chi connectivity index (χ0) is 14.9. The highest BCUT2D eigenvalue weighted by Crippen LogP contribution is 2.38. The second-order valence-corrected chi connectivity index (χ2v) is 5.36. The van der Waals surface area contributed by atoms with Crippen LogP contribution in [-0.4, -0.2) is 28.8 Å².